The molecule has 15 heavy (non-hydrogen) atoms. The zero-order chi connectivity index (χ0) is 11.3. The number of alkyl halides is 1. The van der Waals surface area contributed by atoms with Crippen LogP contribution in [0.2, 0.25) is 0 Å². The molecule has 1 aromatic heterocycles. The fourth-order valence-electron chi connectivity index (χ4n) is 1.07. The Bertz CT molecular complexity index is 320. The Labute approximate surface area is 95.0 Å². The van der Waals surface area contributed by atoms with E-state index in [-0.39, 0.29) is 0 Å². The maximum Gasteiger partial charge on any atom is 0.218 e. The first-order valence-electron chi connectivity index (χ1n) is 4.85. The van der Waals surface area contributed by atoms with Gasteiger partial charge in [-0.25, -0.2) is 4.98 Å². The van der Waals surface area contributed by atoms with Gasteiger partial charge in [0.25, 0.3) is 0 Å². The molecule has 1 heterocycles. The molecule has 0 spiro atoms. The second-order valence-electron chi connectivity index (χ2n) is 3.48. The molecule has 1 atom stereocenters. The minimum absolute atomic E-state index is 0.410. The number of aryl methyl sites for hydroxylation is 1. The monoisotopic (exact) mass is 229 g/mol. The fourth-order valence-corrected chi connectivity index (χ4v) is 1.18. The van der Waals surface area contributed by atoms with E-state index >= 15 is 0 Å². The van der Waals surface area contributed by atoms with Gasteiger partial charge in [-0.1, -0.05) is 6.92 Å². The quantitative estimate of drug-likeness (QED) is 0.786. The van der Waals surface area contributed by atoms with Crippen molar-refractivity contribution < 1.29 is 4.74 Å². The van der Waals surface area contributed by atoms with Crippen LogP contribution < -0.4 is 10.1 Å². The Kier molecular flexibility index (Phi) is 4.62. The van der Waals surface area contributed by atoms with Crippen molar-refractivity contribution in [3.8, 4) is 5.88 Å². The molecule has 1 unspecified atom stereocenters. The third kappa shape index (κ3) is 3.91. The van der Waals surface area contributed by atoms with Crippen LogP contribution in [0.3, 0.4) is 0 Å². The number of hydrogen-bond acceptors (Lipinski definition) is 4. The molecular weight excluding hydrogens is 214 g/mol. The van der Waals surface area contributed by atoms with E-state index in [1.165, 1.54) is 0 Å². The van der Waals surface area contributed by atoms with Gasteiger partial charge in [0.05, 0.1) is 7.11 Å². The summed E-state index contributed by atoms with van der Waals surface area (Å²) in [6.07, 6.45) is 0. The predicted molar refractivity (Wildman–Crippen MR) is 61.7 cm³/mol. The highest BCUT2D eigenvalue weighted by molar-refractivity contribution is 6.18. The Morgan fingerprint density at radius 1 is 1.53 bits per heavy atom. The SMILES string of the molecule is COc1cc(NCC(C)CCl)nc(C)n1. The lowest BCUT2D eigenvalue weighted by atomic mass is 10.2. The molecule has 0 aliphatic heterocycles. The van der Waals surface area contributed by atoms with E-state index < -0.39 is 0 Å². The molecule has 84 valence electrons. The summed E-state index contributed by atoms with van der Waals surface area (Å²) < 4.78 is 5.05. The first kappa shape index (κ1) is 12.0. The molecule has 1 aromatic rings. The summed E-state index contributed by atoms with van der Waals surface area (Å²) in [6, 6.07) is 1.77. The van der Waals surface area contributed by atoms with Crippen LogP contribution in [0.5, 0.6) is 5.88 Å². The average molecular weight is 230 g/mol. The highest BCUT2D eigenvalue weighted by atomic mass is 35.5. The van der Waals surface area contributed by atoms with Crippen molar-refractivity contribution in [2.75, 3.05) is 24.9 Å². The van der Waals surface area contributed by atoms with E-state index in [0.717, 1.165) is 12.4 Å². The molecule has 1 N–H and O–H groups in total. The average Bonchev–Trinajstić information content (AvgIpc) is 2.25. The van der Waals surface area contributed by atoms with Crippen molar-refractivity contribution in [1.82, 2.24) is 9.97 Å². The van der Waals surface area contributed by atoms with Gasteiger partial charge in [0, 0.05) is 18.5 Å². The van der Waals surface area contributed by atoms with Crippen molar-refractivity contribution in [1.29, 1.82) is 0 Å². The van der Waals surface area contributed by atoms with Crippen LogP contribution in [0, 0.1) is 12.8 Å². The van der Waals surface area contributed by atoms with Gasteiger partial charge in [-0.3, -0.25) is 0 Å². The normalized spacial score (nSPS) is 12.3. The van der Waals surface area contributed by atoms with Crippen LogP contribution in [0.1, 0.15) is 12.7 Å². The van der Waals surface area contributed by atoms with Crippen molar-refractivity contribution in [3.05, 3.63) is 11.9 Å². The number of hydrogen-bond donors (Lipinski definition) is 1. The summed E-state index contributed by atoms with van der Waals surface area (Å²) in [5, 5.41) is 3.20. The van der Waals surface area contributed by atoms with Crippen molar-refractivity contribution in [2.45, 2.75) is 13.8 Å². The predicted octanol–water partition coefficient (Wildman–Crippen LogP) is 2.08. The van der Waals surface area contributed by atoms with Gasteiger partial charge in [0.1, 0.15) is 11.6 Å². The first-order valence-corrected chi connectivity index (χ1v) is 5.38. The number of rotatable bonds is 5. The number of aromatic nitrogens is 2. The minimum atomic E-state index is 0.410. The van der Waals surface area contributed by atoms with Crippen LogP contribution in [0.4, 0.5) is 5.82 Å². The summed E-state index contributed by atoms with van der Waals surface area (Å²) in [6.45, 7) is 4.70. The molecule has 0 aliphatic carbocycles. The van der Waals surface area contributed by atoms with Crippen LogP contribution in [-0.4, -0.2) is 29.5 Å². The molecule has 1 rings (SSSR count). The lowest BCUT2D eigenvalue weighted by Crippen LogP contribution is -2.13. The third-order valence-corrected chi connectivity index (χ3v) is 2.45. The molecule has 0 fully saturated rings. The van der Waals surface area contributed by atoms with Crippen molar-refractivity contribution >= 4 is 17.4 Å². The Morgan fingerprint density at radius 2 is 2.27 bits per heavy atom. The number of anilines is 1. The molecule has 0 aromatic carbocycles. The summed E-state index contributed by atoms with van der Waals surface area (Å²) in [5.41, 5.74) is 0. The fraction of sp³-hybridized carbons (Fsp3) is 0.600. The van der Waals surface area contributed by atoms with E-state index in [1.807, 2.05) is 6.92 Å². The minimum Gasteiger partial charge on any atom is -0.481 e. The van der Waals surface area contributed by atoms with E-state index in [4.69, 9.17) is 16.3 Å². The summed E-state index contributed by atoms with van der Waals surface area (Å²) in [7, 11) is 1.59. The number of nitrogens with one attached hydrogen (secondary N) is 1. The number of methoxy groups -OCH3 is 1. The second-order valence-corrected chi connectivity index (χ2v) is 3.79. The van der Waals surface area contributed by atoms with E-state index in [2.05, 4.69) is 22.2 Å². The van der Waals surface area contributed by atoms with Crippen LogP contribution >= 0.6 is 11.6 Å². The number of nitrogens with zero attached hydrogens (tertiary/aromatic N) is 2. The first-order chi connectivity index (χ1) is 7.15. The largest absolute Gasteiger partial charge is 0.481 e. The van der Waals surface area contributed by atoms with Gasteiger partial charge in [-0.05, 0) is 12.8 Å². The smallest absolute Gasteiger partial charge is 0.218 e. The lowest BCUT2D eigenvalue weighted by molar-refractivity contribution is 0.396. The topological polar surface area (TPSA) is 47.0 Å². The summed E-state index contributed by atoms with van der Waals surface area (Å²) in [4.78, 5) is 8.34. The molecule has 4 nitrogen and oxygen atoms in total. The van der Waals surface area contributed by atoms with Gasteiger partial charge >= 0.3 is 0 Å². The Morgan fingerprint density at radius 3 is 2.87 bits per heavy atom. The highest BCUT2D eigenvalue weighted by Gasteiger charge is 2.03. The van der Waals surface area contributed by atoms with E-state index in [1.54, 1.807) is 13.2 Å². The van der Waals surface area contributed by atoms with Gasteiger partial charge < -0.3 is 10.1 Å². The highest BCUT2D eigenvalue weighted by Crippen LogP contribution is 2.13. The number of halogens is 1. The zero-order valence-electron chi connectivity index (χ0n) is 9.25. The maximum atomic E-state index is 5.71. The van der Waals surface area contributed by atoms with Crippen LogP contribution in [0.25, 0.3) is 0 Å². The molecule has 0 radical (unpaired) electrons. The molecule has 0 aliphatic rings. The molecular formula is C10H16ClN3O. The van der Waals surface area contributed by atoms with Gasteiger partial charge in [0.15, 0.2) is 0 Å². The summed E-state index contributed by atoms with van der Waals surface area (Å²) in [5.74, 6) is 3.08. The maximum absolute atomic E-state index is 5.71. The molecule has 0 saturated heterocycles. The molecule has 0 amide bonds. The van der Waals surface area contributed by atoms with Gasteiger partial charge in [-0.2, -0.15) is 4.98 Å². The summed E-state index contributed by atoms with van der Waals surface area (Å²) >= 11 is 5.71. The standard InChI is InChI=1S/C10H16ClN3O/c1-7(5-11)6-12-9-4-10(15-3)14-8(2)13-9/h4,7H,5-6H2,1-3H3,(H,12,13,14). The molecule has 0 saturated carbocycles. The molecule has 5 heteroatoms. The van der Waals surface area contributed by atoms with Gasteiger partial charge in [0.2, 0.25) is 5.88 Å². The van der Waals surface area contributed by atoms with Crippen molar-refractivity contribution in [3.63, 3.8) is 0 Å². The molecule has 0 bridgehead atoms. The van der Waals surface area contributed by atoms with Gasteiger partial charge in [-0.15, -0.1) is 11.6 Å². The number of ether oxygens (including phenoxy) is 1. The second kappa shape index (κ2) is 5.75. The van der Waals surface area contributed by atoms with Crippen LogP contribution in [0.15, 0.2) is 6.07 Å². The third-order valence-electron chi connectivity index (χ3n) is 1.92. The van der Waals surface area contributed by atoms with E-state index in [0.29, 0.717) is 23.5 Å². The zero-order valence-corrected chi connectivity index (χ0v) is 10.0. The van der Waals surface area contributed by atoms with E-state index in [9.17, 15) is 0 Å². The Hall–Kier alpha value is -1.03. The van der Waals surface area contributed by atoms with Crippen LogP contribution in [-0.2, 0) is 0 Å². The lowest BCUT2D eigenvalue weighted by Gasteiger charge is -2.10. The Balaban J connectivity index is 2.64. The van der Waals surface area contributed by atoms with Crippen molar-refractivity contribution in [2.24, 2.45) is 5.92 Å².